The molecule has 1 aromatic rings. The number of fused-ring (bicyclic) bond motifs is 1. The highest BCUT2D eigenvalue weighted by Crippen LogP contribution is 2.27. The Bertz CT molecular complexity index is 440. The van der Waals surface area contributed by atoms with Crippen LogP contribution in [0.1, 0.15) is 18.4 Å². The number of guanidine groups is 1. The molecule has 0 radical (unpaired) electrons. The van der Waals surface area contributed by atoms with E-state index in [1.54, 1.807) is 0 Å². The molecule has 1 atom stereocenters. The molecule has 0 aromatic heterocycles. The van der Waals surface area contributed by atoms with Gasteiger partial charge in [0.25, 0.3) is 0 Å². The number of hydrogen-bond donors (Lipinski definition) is 2. The van der Waals surface area contributed by atoms with Crippen molar-refractivity contribution >= 4 is 17.7 Å². The molecule has 0 aliphatic carbocycles. The van der Waals surface area contributed by atoms with Crippen molar-refractivity contribution < 1.29 is 4.74 Å². The largest absolute Gasteiger partial charge is 0.488 e. The number of nitrogens with one attached hydrogen (secondary N) is 2. The Labute approximate surface area is 131 Å². The quantitative estimate of drug-likeness (QED) is 0.461. The molecule has 0 amide bonds. The fourth-order valence-electron chi connectivity index (χ4n) is 2.38. The molecule has 1 aliphatic heterocycles. The maximum Gasteiger partial charge on any atom is 0.191 e. The molecule has 0 spiro atoms. The van der Waals surface area contributed by atoms with Gasteiger partial charge in [-0.3, -0.25) is 4.99 Å². The highest BCUT2D eigenvalue weighted by Gasteiger charge is 2.22. The number of benzene rings is 1. The van der Waals surface area contributed by atoms with Crippen LogP contribution in [0.2, 0.25) is 0 Å². The Morgan fingerprint density at radius 3 is 2.95 bits per heavy atom. The van der Waals surface area contributed by atoms with Gasteiger partial charge in [-0.25, -0.2) is 0 Å². The van der Waals surface area contributed by atoms with Crippen LogP contribution in [0.5, 0.6) is 5.75 Å². The van der Waals surface area contributed by atoms with Crippen LogP contribution in [0, 0.1) is 0 Å². The van der Waals surface area contributed by atoms with E-state index in [9.17, 15) is 0 Å². The second kappa shape index (κ2) is 8.82. The van der Waals surface area contributed by atoms with Gasteiger partial charge in [0, 0.05) is 20.0 Å². The van der Waals surface area contributed by atoms with Crippen LogP contribution in [0.15, 0.2) is 29.3 Å². The number of unbranched alkanes of at least 4 members (excludes halogenated alkanes) is 1. The number of para-hydroxylation sites is 1. The summed E-state index contributed by atoms with van der Waals surface area (Å²) in [5.74, 6) is 3.10. The zero-order chi connectivity index (χ0) is 14.9. The lowest BCUT2D eigenvalue weighted by atomic mass is 10.1. The predicted molar refractivity (Wildman–Crippen MR) is 91.5 cm³/mol. The number of hydrogen-bond acceptors (Lipinski definition) is 3. The molecule has 5 heteroatoms. The van der Waals surface area contributed by atoms with Crippen LogP contribution in [-0.4, -0.2) is 44.2 Å². The Hall–Kier alpha value is -1.36. The van der Waals surface area contributed by atoms with E-state index < -0.39 is 0 Å². The SMILES string of the molecule is CN=C(NCCCCSC)NCC1Cc2ccccc2O1. The van der Waals surface area contributed by atoms with Crippen molar-refractivity contribution in [3.05, 3.63) is 29.8 Å². The summed E-state index contributed by atoms with van der Waals surface area (Å²) in [6, 6.07) is 8.25. The third kappa shape index (κ3) is 5.16. The maximum atomic E-state index is 5.91. The minimum atomic E-state index is 0.192. The van der Waals surface area contributed by atoms with E-state index in [1.807, 2.05) is 30.9 Å². The van der Waals surface area contributed by atoms with E-state index >= 15 is 0 Å². The normalized spacial score (nSPS) is 17.2. The molecular formula is C16H25N3OS. The molecule has 1 heterocycles. The van der Waals surface area contributed by atoms with Crippen molar-refractivity contribution in [1.29, 1.82) is 0 Å². The third-order valence-corrected chi connectivity index (χ3v) is 4.20. The van der Waals surface area contributed by atoms with E-state index in [2.05, 4.69) is 34.0 Å². The number of thioether (sulfide) groups is 1. The summed E-state index contributed by atoms with van der Waals surface area (Å²) in [4.78, 5) is 4.25. The lowest BCUT2D eigenvalue weighted by Crippen LogP contribution is -2.42. The molecule has 1 unspecified atom stereocenters. The molecule has 1 aromatic carbocycles. The molecule has 1 aliphatic rings. The topological polar surface area (TPSA) is 45.7 Å². The highest BCUT2D eigenvalue weighted by atomic mass is 32.2. The molecular weight excluding hydrogens is 282 g/mol. The van der Waals surface area contributed by atoms with Gasteiger partial charge in [0.05, 0.1) is 6.54 Å². The van der Waals surface area contributed by atoms with Gasteiger partial charge in [-0.05, 0) is 36.5 Å². The van der Waals surface area contributed by atoms with E-state index in [-0.39, 0.29) is 6.10 Å². The second-order valence-electron chi connectivity index (χ2n) is 5.13. The van der Waals surface area contributed by atoms with Gasteiger partial charge < -0.3 is 15.4 Å². The first kappa shape index (κ1) is 16.0. The van der Waals surface area contributed by atoms with E-state index in [1.165, 1.54) is 24.2 Å². The third-order valence-electron chi connectivity index (χ3n) is 3.50. The van der Waals surface area contributed by atoms with Crippen molar-refractivity contribution in [2.45, 2.75) is 25.4 Å². The molecule has 0 saturated carbocycles. The van der Waals surface area contributed by atoms with Crippen molar-refractivity contribution in [2.75, 3.05) is 32.1 Å². The molecule has 2 N–H and O–H groups in total. The summed E-state index contributed by atoms with van der Waals surface area (Å²) in [6.45, 7) is 1.74. The maximum absolute atomic E-state index is 5.91. The Morgan fingerprint density at radius 1 is 1.33 bits per heavy atom. The summed E-state index contributed by atoms with van der Waals surface area (Å²) >= 11 is 1.90. The lowest BCUT2D eigenvalue weighted by Gasteiger charge is -2.15. The first-order valence-electron chi connectivity index (χ1n) is 7.51. The molecule has 2 rings (SSSR count). The molecule has 0 fully saturated rings. The van der Waals surface area contributed by atoms with Gasteiger partial charge in [0.2, 0.25) is 0 Å². The number of rotatable bonds is 7. The van der Waals surface area contributed by atoms with Crippen LogP contribution in [-0.2, 0) is 6.42 Å². The fraction of sp³-hybridized carbons (Fsp3) is 0.562. The standard InChI is InChI=1S/C16H25N3OS/c1-17-16(18-9-5-6-10-21-2)19-12-14-11-13-7-3-4-8-15(13)20-14/h3-4,7-8,14H,5-6,9-12H2,1-2H3,(H2,17,18,19). The Balaban J connectivity index is 1.65. The van der Waals surface area contributed by atoms with Gasteiger partial charge in [-0.15, -0.1) is 0 Å². The highest BCUT2D eigenvalue weighted by molar-refractivity contribution is 7.98. The first-order valence-corrected chi connectivity index (χ1v) is 8.91. The number of nitrogens with zero attached hydrogens (tertiary/aromatic N) is 1. The van der Waals surface area contributed by atoms with Gasteiger partial charge in [-0.1, -0.05) is 18.2 Å². The minimum absolute atomic E-state index is 0.192. The lowest BCUT2D eigenvalue weighted by molar-refractivity contribution is 0.235. The molecule has 4 nitrogen and oxygen atoms in total. The fourth-order valence-corrected chi connectivity index (χ4v) is 2.87. The molecule has 0 bridgehead atoms. The summed E-state index contributed by atoms with van der Waals surface area (Å²) in [6.07, 6.45) is 5.72. The summed E-state index contributed by atoms with van der Waals surface area (Å²) in [5, 5.41) is 6.69. The summed E-state index contributed by atoms with van der Waals surface area (Å²) in [5.41, 5.74) is 1.30. The minimum Gasteiger partial charge on any atom is -0.488 e. The smallest absolute Gasteiger partial charge is 0.191 e. The zero-order valence-electron chi connectivity index (χ0n) is 12.9. The number of aliphatic imine (C=N–C) groups is 1. The van der Waals surface area contributed by atoms with Crippen LogP contribution in [0.3, 0.4) is 0 Å². The van der Waals surface area contributed by atoms with Crippen LogP contribution >= 0.6 is 11.8 Å². The van der Waals surface area contributed by atoms with E-state index in [0.29, 0.717) is 0 Å². The van der Waals surface area contributed by atoms with E-state index in [0.717, 1.165) is 31.2 Å². The zero-order valence-corrected chi connectivity index (χ0v) is 13.7. The van der Waals surface area contributed by atoms with E-state index in [4.69, 9.17) is 4.74 Å². The predicted octanol–water partition coefficient (Wildman–Crippen LogP) is 2.30. The van der Waals surface area contributed by atoms with Crippen molar-refractivity contribution in [3.63, 3.8) is 0 Å². The van der Waals surface area contributed by atoms with Crippen molar-refractivity contribution in [2.24, 2.45) is 4.99 Å². The molecule has 0 saturated heterocycles. The van der Waals surface area contributed by atoms with Crippen LogP contribution in [0.4, 0.5) is 0 Å². The average molecular weight is 307 g/mol. The van der Waals surface area contributed by atoms with Crippen LogP contribution < -0.4 is 15.4 Å². The summed E-state index contributed by atoms with van der Waals surface area (Å²) in [7, 11) is 1.81. The van der Waals surface area contributed by atoms with Crippen LogP contribution in [0.25, 0.3) is 0 Å². The second-order valence-corrected chi connectivity index (χ2v) is 6.12. The molecule has 21 heavy (non-hydrogen) atoms. The van der Waals surface area contributed by atoms with Gasteiger partial charge in [0.1, 0.15) is 11.9 Å². The van der Waals surface area contributed by atoms with Crippen molar-refractivity contribution in [3.8, 4) is 5.75 Å². The Morgan fingerprint density at radius 2 is 2.19 bits per heavy atom. The van der Waals surface area contributed by atoms with Crippen molar-refractivity contribution in [1.82, 2.24) is 10.6 Å². The number of ether oxygens (including phenoxy) is 1. The van der Waals surface area contributed by atoms with Gasteiger partial charge in [0.15, 0.2) is 5.96 Å². The van der Waals surface area contributed by atoms with Gasteiger partial charge >= 0.3 is 0 Å². The first-order chi connectivity index (χ1) is 10.3. The molecule has 116 valence electrons. The Kier molecular flexibility index (Phi) is 6.73. The van der Waals surface area contributed by atoms with Gasteiger partial charge in [-0.2, -0.15) is 11.8 Å². The summed E-state index contributed by atoms with van der Waals surface area (Å²) < 4.78 is 5.91. The average Bonchev–Trinajstić information content (AvgIpc) is 2.93. The monoisotopic (exact) mass is 307 g/mol.